The zero-order valence-corrected chi connectivity index (χ0v) is 12.3. The van der Waals surface area contributed by atoms with Crippen LogP contribution in [0, 0.1) is 5.21 Å². The highest BCUT2D eigenvalue weighted by molar-refractivity contribution is 8.76. The molecular weight excluding hydrogens is 302 g/mol. The maximum atomic E-state index is 11.4. The molecule has 20 heavy (non-hydrogen) atoms. The Bertz CT molecular complexity index is 484. The number of rotatable bonds is 7. The van der Waals surface area contributed by atoms with Gasteiger partial charge in [0.1, 0.15) is 6.04 Å². The Hall–Kier alpha value is -1.45. The number of amides is 1. The molecular formula is C11H15N3O4S2. The molecule has 0 aliphatic rings. The maximum absolute atomic E-state index is 11.4. The second-order valence-corrected chi connectivity index (χ2v) is 6.28. The third kappa shape index (κ3) is 5.27. The number of aromatic nitrogens is 1. The van der Waals surface area contributed by atoms with Crippen LogP contribution in [0.4, 0.5) is 0 Å². The highest BCUT2D eigenvalue weighted by Crippen LogP contribution is 2.28. The minimum absolute atomic E-state index is 0.118. The van der Waals surface area contributed by atoms with E-state index in [1.54, 1.807) is 18.2 Å². The van der Waals surface area contributed by atoms with Gasteiger partial charge in [-0.1, -0.05) is 10.8 Å². The fourth-order valence-corrected chi connectivity index (χ4v) is 3.30. The molecule has 0 radical (unpaired) electrons. The summed E-state index contributed by atoms with van der Waals surface area (Å²) >= 11 is 0. The van der Waals surface area contributed by atoms with E-state index in [9.17, 15) is 14.8 Å². The Kier molecular flexibility index (Phi) is 6.62. The van der Waals surface area contributed by atoms with E-state index in [1.807, 2.05) is 0 Å². The number of carboxylic acid groups (broad SMARTS) is 1. The Balaban J connectivity index is 2.50. The molecule has 0 spiro atoms. The van der Waals surface area contributed by atoms with Crippen LogP contribution in [0.2, 0.25) is 0 Å². The van der Waals surface area contributed by atoms with Gasteiger partial charge in [0.25, 0.3) is 5.03 Å². The first-order valence-electron chi connectivity index (χ1n) is 5.68. The molecule has 2 unspecified atom stereocenters. The number of nitrogens with two attached hydrogens (primary N) is 1. The number of nitrogens with zero attached hydrogens (tertiary/aromatic N) is 1. The molecule has 1 amide bonds. The topological polar surface area (TPSA) is 119 Å². The van der Waals surface area contributed by atoms with Crippen molar-refractivity contribution in [2.24, 2.45) is 5.73 Å². The van der Waals surface area contributed by atoms with Crippen LogP contribution in [-0.2, 0) is 9.59 Å². The number of nitrogens with one attached hydrogen (secondary N) is 1. The molecule has 1 heterocycles. The van der Waals surface area contributed by atoms with E-state index in [-0.39, 0.29) is 5.75 Å². The zero-order chi connectivity index (χ0) is 15.1. The van der Waals surface area contributed by atoms with Crippen molar-refractivity contribution in [3.63, 3.8) is 0 Å². The third-order valence-electron chi connectivity index (χ3n) is 2.20. The van der Waals surface area contributed by atoms with E-state index in [4.69, 9.17) is 10.8 Å². The van der Waals surface area contributed by atoms with Gasteiger partial charge in [0, 0.05) is 28.7 Å². The highest BCUT2D eigenvalue weighted by Gasteiger charge is 2.22. The van der Waals surface area contributed by atoms with Gasteiger partial charge in [-0.05, 0) is 13.0 Å². The van der Waals surface area contributed by atoms with Crippen molar-refractivity contribution in [1.29, 1.82) is 0 Å². The molecule has 0 bridgehead atoms. The van der Waals surface area contributed by atoms with Crippen molar-refractivity contribution >= 4 is 33.5 Å². The predicted molar refractivity (Wildman–Crippen MR) is 76.9 cm³/mol. The van der Waals surface area contributed by atoms with Crippen LogP contribution in [0.5, 0.6) is 0 Å². The lowest BCUT2D eigenvalue weighted by Gasteiger charge is -2.15. The molecule has 4 N–H and O–H groups in total. The molecule has 7 nitrogen and oxygen atoms in total. The van der Waals surface area contributed by atoms with E-state index in [1.165, 1.54) is 23.9 Å². The number of hydrogen-bond acceptors (Lipinski definition) is 6. The summed E-state index contributed by atoms with van der Waals surface area (Å²) in [5.41, 5.74) is 5.36. The average molecular weight is 317 g/mol. The SMILES string of the molecule is CC(N)C(=O)NC(CSSc1cccc[n+]1[O-])C(=O)O. The van der Waals surface area contributed by atoms with Gasteiger partial charge >= 0.3 is 5.97 Å². The minimum Gasteiger partial charge on any atom is -0.618 e. The number of carbonyl (C=O) groups excluding carboxylic acids is 1. The maximum Gasteiger partial charge on any atom is 0.327 e. The lowest BCUT2D eigenvalue weighted by molar-refractivity contribution is -0.645. The number of hydrogen-bond donors (Lipinski definition) is 3. The number of aliphatic carboxylic acids is 1. The normalized spacial score (nSPS) is 13.5. The molecule has 0 saturated heterocycles. The van der Waals surface area contributed by atoms with Crippen molar-refractivity contribution in [2.45, 2.75) is 24.0 Å². The van der Waals surface area contributed by atoms with E-state index in [0.29, 0.717) is 9.76 Å². The molecule has 9 heteroatoms. The summed E-state index contributed by atoms with van der Waals surface area (Å²) < 4.78 is 0.688. The molecule has 0 fully saturated rings. The van der Waals surface area contributed by atoms with Crippen LogP contribution in [0.15, 0.2) is 29.4 Å². The van der Waals surface area contributed by atoms with E-state index in [2.05, 4.69) is 5.32 Å². The number of carboxylic acids is 1. The van der Waals surface area contributed by atoms with Gasteiger partial charge in [0.05, 0.1) is 6.04 Å². The van der Waals surface area contributed by atoms with Crippen LogP contribution in [-0.4, -0.2) is 34.8 Å². The second-order valence-electron chi connectivity index (χ2n) is 3.92. The predicted octanol–water partition coefficient (Wildman–Crippen LogP) is -0.0231. The van der Waals surface area contributed by atoms with Gasteiger partial charge in [-0.15, -0.1) is 0 Å². The van der Waals surface area contributed by atoms with Crippen LogP contribution in [0.1, 0.15) is 6.92 Å². The fraction of sp³-hybridized carbons (Fsp3) is 0.364. The first-order chi connectivity index (χ1) is 9.41. The Morgan fingerprint density at radius 2 is 2.25 bits per heavy atom. The van der Waals surface area contributed by atoms with Crippen LogP contribution in [0.25, 0.3) is 0 Å². The summed E-state index contributed by atoms with van der Waals surface area (Å²) in [5, 5.41) is 23.2. The van der Waals surface area contributed by atoms with Crippen molar-refractivity contribution in [2.75, 3.05) is 5.75 Å². The summed E-state index contributed by atoms with van der Waals surface area (Å²) in [6.45, 7) is 1.47. The number of pyridine rings is 1. The van der Waals surface area contributed by atoms with Gasteiger partial charge in [-0.25, -0.2) is 4.79 Å². The van der Waals surface area contributed by atoms with E-state index in [0.717, 1.165) is 10.8 Å². The van der Waals surface area contributed by atoms with Gasteiger partial charge in [-0.3, -0.25) is 4.79 Å². The molecule has 2 atom stereocenters. The molecule has 110 valence electrons. The van der Waals surface area contributed by atoms with Crippen molar-refractivity contribution in [3.8, 4) is 0 Å². The highest BCUT2D eigenvalue weighted by atomic mass is 33.1. The molecule has 1 rings (SSSR count). The zero-order valence-electron chi connectivity index (χ0n) is 10.7. The van der Waals surface area contributed by atoms with Gasteiger partial charge in [0.15, 0.2) is 6.20 Å². The number of carbonyl (C=O) groups is 2. The summed E-state index contributed by atoms with van der Waals surface area (Å²) in [4.78, 5) is 22.4. The lowest BCUT2D eigenvalue weighted by atomic mass is 10.3. The Morgan fingerprint density at radius 3 is 2.80 bits per heavy atom. The Morgan fingerprint density at radius 1 is 1.55 bits per heavy atom. The standard InChI is InChI=1S/C11H15N3O4S2/c1-7(12)10(15)13-8(11(16)17)6-19-20-9-4-2-3-5-14(9)18/h2-5,7-8H,6,12H2,1H3,(H,13,15)(H,16,17). The summed E-state index contributed by atoms with van der Waals surface area (Å²) in [6.07, 6.45) is 1.36. The van der Waals surface area contributed by atoms with E-state index >= 15 is 0 Å². The van der Waals surface area contributed by atoms with Crippen molar-refractivity contribution in [3.05, 3.63) is 29.6 Å². The average Bonchev–Trinajstić information content (AvgIpc) is 2.39. The monoisotopic (exact) mass is 317 g/mol. The van der Waals surface area contributed by atoms with Crippen molar-refractivity contribution in [1.82, 2.24) is 5.32 Å². The smallest absolute Gasteiger partial charge is 0.327 e. The van der Waals surface area contributed by atoms with E-state index < -0.39 is 24.0 Å². The van der Waals surface area contributed by atoms with Gasteiger partial charge < -0.3 is 21.4 Å². The van der Waals surface area contributed by atoms with Gasteiger partial charge in [0.2, 0.25) is 5.91 Å². The molecule has 0 saturated carbocycles. The largest absolute Gasteiger partial charge is 0.618 e. The summed E-state index contributed by atoms with van der Waals surface area (Å²) in [5.74, 6) is -1.55. The van der Waals surface area contributed by atoms with Crippen molar-refractivity contribution < 1.29 is 19.4 Å². The molecule has 0 aromatic carbocycles. The first-order valence-corrected chi connectivity index (χ1v) is 8.00. The molecule has 0 aliphatic heterocycles. The lowest BCUT2D eigenvalue weighted by Crippen LogP contribution is -2.48. The summed E-state index contributed by atoms with van der Waals surface area (Å²) in [7, 11) is 2.32. The molecule has 0 aliphatic carbocycles. The van der Waals surface area contributed by atoms with Gasteiger partial charge in [-0.2, -0.15) is 4.73 Å². The second kappa shape index (κ2) is 7.98. The van der Waals surface area contributed by atoms with Crippen LogP contribution in [0.3, 0.4) is 0 Å². The quantitative estimate of drug-likeness (QED) is 0.367. The van der Waals surface area contributed by atoms with Crippen LogP contribution < -0.4 is 15.8 Å². The Labute approximate surface area is 123 Å². The molecule has 1 aromatic heterocycles. The minimum atomic E-state index is -1.14. The van der Waals surface area contributed by atoms with Crippen LogP contribution >= 0.6 is 21.6 Å². The third-order valence-corrected chi connectivity index (χ3v) is 4.54. The fourth-order valence-electron chi connectivity index (χ4n) is 1.12. The molecule has 1 aromatic rings. The first kappa shape index (κ1) is 16.6. The summed E-state index contributed by atoms with van der Waals surface area (Å²) in [6, 6.07) is 3.12.